The van der Waals surface area contributed by atoms with Crippen molar-refractivity contribution in [2.24, 2.45) is 17.8 Å². The predicted molar refractivity (Wildman–Crippen MR) is 68.0 cm³/mol. The molecule has 15 heavy (non-hydrogen) atoms. The van der Waals surface area contributed by atoms with Gasteiger partial charge < -0.3 is 5.32 Å². The maximum Gasteiger partial charge on any atom is -0.00208 e. The number of allylic oxidation sites excluding steroid dienone is 1. The van der Waals surface area contributed by atoms with Gasteiger partial charge in [-0.25, -0.2) is 0 Å². The standard InChI is InChI=1S/C14H27N/c1-4-6-12-8-9-14(11-15-3)13(10-12)7-5-2/h5,12-15H,2,4,6-11H2,1,3H3. The Morgan fingerprint density at radius 1 is 1.33 bits per heavy atom. The van der Waals surface area contributed by atoms with Gasteiger partial charge in [0.15, 0.2) is 0 Å². The second-order valence-corrected chi connectivity index (χ2v) is 5.07. The van der Waals surface area contributed by atoms with Crippen LogP contribution in [0.2, 0.25) is 0 Å². The van der Waals surface area contributed by atoms with Gasteiger partial charge in [0, 0.05) is 0 Å². The van der Waals surface area contributed by atoms with Crippen molar-refractivity contribution < 1.29 is 0 Å². The van der Waals surface area contributed by atoms with Crippen LogP contribution in [-0.4, -0.2) is 13.6 Å². The van der Waals surface area contributed by atoms with Crippen molar-refractivity contribution in [3.8, 4) is 0 Å². The molecule has 0 amide bonds. The van der Waals surface area contributed by atoms with E-state index in [1.54, 1.807) is 0 Å². The highest BCUT2D eigenvalue weighted by molar-refractivity contribution is 4.85. The van der Waals surface area contributed by atoms with Crippen LogP contribution in [-0.2, 0) is 0 Å². The van der Waals surface area contributed by atoms with Gasteiger partial charge in [-0.2, -0.15) is 0 Å². The van der Waals surface area contributed by atoms with Crippen LogP contribution in [0, 0.1) is 17.8 Å². The summed E-state index contributed by atoms with van der Waals surface area (Å²) in [6.07, 6.45) is 10.4. The highest BCUT2D eigenvalue weighted by Gasteiger charge is 2.28. The number of rotatable bonds is 6. The van der Waals surface area contributed by atoms with Crippen molar-refractivity contribution in [2.45, 2.75) is 45.4 Å². The van der Waals surface area contributed by atoms with Crippen molar-refractivity contribution in [3.05, 3.63) is 12.7 Å². The molecule has 0 heterocycles. The fourth-order valence-corrected chi connectivity index (χ4v) is 3.13. The molecule has 1 nitrogen and oxygen atoms in total. The van der Waals surface area contributed by atoms with Gasteiger partial charge in [-0.05, 0) is 50.6 Å². The summed E-state index contributed by atoms with van der Waals surface area (Å²) >= 11 is 0. The van der Waals surface area contributed by atoms with E-state index in [-0.39, 0.29) is 0 Å². The average molecular weight is 209 g/mol. The van der Waals surface area contributed by atoms with Gasteiger partial charge in [0.1, 0.15) is 0 Å². The lowest BCUT2D eigenvalue weighted by atomic mass is 9.71. The Balaban J connectivity index is 2.44. The fraction of sp³-hybridized carbons (Fsp3) is 0.857. The van der Waals surface area contributed by atoms with E-state index in [0.29, 0.717) is 0 Å². The Kier molecular flexibility index (Phi) is 6.00. The Labute approximate surface area is 95.3 Å². The van der Waals surface area contributed by atoms with Crippen LogP contribution in [0.25, 0.3) is 0 Å². The van der Waals surface area contributed by atoms with Gasteiger partial charge in [-0.1, -0.05) is 32.3 Å². The molecule has 1 fully saturated rings. The van der Waals surface area contributed by atoms with E-state index < -0.39 is 0 Å². The highest BCUT2D eigenvalue weighted by Crippen LogP contribution is 2.37. The molecule has 0 bridgehead atoms. The Bertz CT molecular complexity index is 176. The minimum atomic E-state index is 0.889. The van der Waals surface area contributed by atoms with Gasteiger partial charge in [0.2, 0.25) is 0 Å². The summed E-state index contributed by atoms with van der Waals surface area (Å²) in [5.74, 6) is 2.77. The van der Waals surface area contributed by atoms with E-state index in [9.17, 15) is 0 Å². The van der Waals surface area contributed by atoms with E-state index >= 15 is 0 Å². The lowest BCUT2D eigenvalue weighted by Crippen LogP contribution is -2.31. The summed E-state index contributed by atoms with van der Waals surface area (Å²) < 4.78 is 0. The molecule has 1 aliphatic rings. The van der Waals surface area contributed by atoms with E-state index in [1.807, 2.05) is 0 Å². The van der Waals surface area contributed by atoms with Crippen LogP contribution in [0.5, 0.6) is 0 Å². The molecule has 1 N–H and O–H groups in total. The lowest BCUT2D eigenvalue weighted by molar-refractivity contribution is 0.172. The largest absolute Gasteiger partial charge is 0.319 e. The zero-order chi connectivity index (χ0) is 11.1. The lowest BCUT2D eigenvalue weighted by Gasteiger charge is -2.35. The van der Waals surface area contributed by atoms with E-state index in [0.717, 1.165) is 17.8 Å². The smallest absolute Gasteiger partial charge is 0.00208 e. The summed E-state index contributed by atoms with van der Waals surface area (Å²) in [6.45, 7) is 7.40. The first kappa shape index (κ1) is 12.8. The second-order valence-electron chi connectivity index (χ2n) is 5.07. The van der Waals surface area contributed by atoms with Crippen molar-refractivity contribution in [3.63, 3.8) is 0 Å². The van der Waals surface area contributed by atoms with Crippen LogP contribution in [0.15, 0.2) is 12.7 Å². The molecule has 0 aromatic carbocycles. The quantitative estimate of drug-likeness (QED) is 0.659. The van der Waals surface area contributed by atoms with Crippen LogP contribution in [0.1, 0.15) is 45.4 Å². The Morgan fingerprint density at radius 3 is 2.73 bits per heavy atom. The summed E-state index contributed by atoms with van der Waals surface area (Å²) in [7, 11) is 2.07. The summed E-state index contributed by atoms with van der Waals surface area (Å²) in [5, 5.41) is 3.34. The molecule has 1 rings (SSSR count). The molecule has 88 valence electrons. The van der Waals surface area contributed by atoms with Gasteiger partial charge in [-0.15, -0.1) is 6.58 Å². The fourth-order valence-electron chi connectivity index (χ4n) is 3.13. The summed E-state index contributed by atoms with van der Waals surface area (Å²) in [4.78, 5) is 0. The molecule has 0 spiro atoms. The zero-order valence-corrected chi connectivity index (χ0v) is 10.5. The summed E-state index contributed by atoms with van der Waals surface area (Å²) in [5.41, 5.74) is 0. The SMILES string of the molecule is C=CCC1CC(CCC)CCC1CNC. The number of nitrogens with one attached hydrogen (secondary N) is 1. The molecule has 3 atom stereocenters. The maximum absolute atomic E-state index is 3.90. The first-order chi connectivity index (χ1) is 7.31. The van der Waals surface area contributed by atoms with E-state index in [2.05, 4.69) is 31.9 Å². The number of hydrogen-bond donors (Lipinski definition) is 1. The summed E-state index contributed by atoms with van der Waals surface area (Å²) in [6, 6.07) is 0. The second kappa shape index (κ2) is 7.05. The molecule has 1 heteroatoms. The molecule has 3 unspecified atom stereocenters. The van der Waals surface area contributed by atoms with Crippen LogP contribution >= 0.6 is 0 Å². The van der Waals surface area contributed by atoms with Gasteiger partial charge >= 0.3 is 0 Å². The third-order valence-electron chi connectivity index (χ3n) is 3.88. The number of hydrogen-bond acceptors (Lipinski definition) is 1. The molecular formula is C14H27N. The van der Waals surface area contributed by atoms with Crippen LogP contribution in [0.4, 0.5) is 0 Å². The first-order valence-corrected chi connectivity index (χ1v) is 6.57. The minimum absolute atomic E-state index is 0.889. The van der Waals surface area contributed by atoms with Crippen LogP contribution < -0.4 is 5.32 Å². The maximum atomic E-state index is 3.90. The third-order valence-corrected chi connectivity index (χ3v) is 3.88. The molecule has 0 aliphatic heterocycles. The molecule has 0 aromatic heterocycles. The molecule has 1 aliphatic carbocycles. The van der Waals surface area contributed by atoms with Gasteiger partial charge in [-0.3, -0.25) is 0 Å². The highest BCUT2D eigenvalue weighted by atomic mass is 14.8. The van der Waals surface area contributed by atoms with Crippen molar-refractivity contribution in [1.29, 1.82) is 0 Å². The molecule has 0 radical (unpaired) electrons. The normalized spacial score (nSPS) is 31.5. The molecule has 1 saturated carbocycles. The van der Waals surface area contributed by atoms with Crippen LogP contribution in [0.3, 0.4) is 0 Å². The monoisotopic (exact) mass is 209 g/mol. The van der Waals surface area contributed by atoms with E-state index in [1.165, 1.54) is 45.1 Å². The van der Waals surface area contributed by atoms with Gasteiger partial charge in [0.25, 0.3) is 0 Å². The average Bonchev–Trinajstić information content (AvgIpc) is 2.23. The molecule has 0 saturated heterocycles. The van der Waals surface area contributed by atoms with Crippen molar-refractivity contribution in [2.75, 3.05) is 13.6 Å². The third kappa shape index (κ3) is 3.98. The minimum Gasteiger partial charge on any atom is -0.319 e. The Morgan fingerprint density at radius 2 is 2.13 bits per heavy atom. The first-order valence-electron chi connectivity index (χ1n) is 6.57. The molecule has 0 aromatic rings. The predicted octanol–water partition coefficient (Wildman–Crippen LogP) is 3.61. The van der Waals surface area contributed by atoms with Gasteiger partial charge in [0.05, 0.1) is 0 Å². The van der Waals surface area contributed by atoms with Crippen molar-refractivity contribution in [1.82, 2.24) is 5.32 Å². The molecular weight excluding hydrogens is 182 g/mol. The topological polar surface area (TPSA) is 12.0 Å². The zero-order valence-electron chi connectivity index (χ0n) is 10.5. The Hall–Kier alpha value is -0.300. The van der Waals surface area contributed by atoms with Crippen molar-refractivity contribution >= 4 is 0 Å². The van der Waals surface area contributed by atoms with E-state index in [4.69, 9.17) is 0 Å².